The third kappa shape index (κ3) is 4.30. The SMILES string of the molecule is O=C(c1cc(Cl)ccc1Oc1cccc(Cl)c1)N1CCC(N2C(=O)CCC2=O)CC1. The smallest absolute Gasteiger partial charge is 0.257 e. The highest BCUT2D eigenvalue weighted by molar-refractivity contribution is 6.31. The number of hydrogen-bond donors (Lipinski definition) is 0. The first-order valence-corrected chi connectivity index (χ1v) is 10.5. The van der Waals surface area contributed by atoms with E-state index < -0.39 is 0 Å². The topological polar surface area (TPSA) is 66.9 Å². The van der Waals surface area contributed by atoms with E-state index in [1.165, 1.54) is 4.90 Å². The maximum atomic E-state index is 13.2. The van der Waals surface area contributed by atoms with Crippen molar-refractivity contribution in [2.45, 2.75) is 31.7 Å². The molecule has 0 bridgehead atoms. The van der Waals surface area contributed by atoms with Crippen molar-refractivity contribution in [1.82, 2.24) is 9.80 Å². The summed E-state index contributed by atoms with van der Waals surface area (Å²) in [5, 5.41) is 0.961. The maximum absolute atomic E-state index is 13.2. The molecule has 156 valence electrons. The molecule has 0 saturated carbocycles. The number of ether oxygens (including phenoxy) is 1. The molecule has 2 aliphatic rings. The van der Waals surface area contributed by atoms with Crippen LogP contribution in [0.5, 0.6) is 11.5 Å². The lowest BCUT2D eigenvalue weighted by Gasteiger charge is -2.36. The van der Waals surface area contributed by atoms with Gasteiger partial charge < -0.3 is 9.64 Å². The number of likely N-dealkylation sites (tertiary alicyclic amines) is 2. The standard InChI is InChI=1S/C22H20Cl2N2O4/c23-14-2-1-3-17(12-14)30-19-5-4-15(24)13-18(19)22(29)25-10-8-16(9-11-25)26-20(27)6-7-21(26)28/h1-5,12-13,16H,6-11H2. The first kappa shape index (κ1) is 20.7. The third-order valence-electron chi connectivity index (χ3n) is 5.40. The molecule has 8 heteroatoms. The average Bonchev–Trinajstić information content (AvgIpc) is 3.07. The molecule has 2 aliphatic heterocycles. The van der Waals surface area contributed by atoms with E-state index in [-0.39, 0.29) is 36.6 Å². The van der Waals surface area contributed by atoms with Crippen molar-refractivity contribution in [1.29, 1.82) is 0 Å². The molecule has 30 heavy (non-hydrogen) atoms. The van der Waals surface area contributed by atoms with Crippen molar-refractivity contribution in [2.75, 3.05) is 13.1 Å². The van der Waals surface area contributed by atoms with E-state index in [4.69, 9.17) is 27.9 Å². The lowest BCUT2D eigenvalue weighted by Crippen LogP contribution is -2.48. The van der Waals surface area contributed by atoms with Crippen LogP contribution in [0, 0.1) is 0 Å². The molecule has 0 aliphatic carbocycles. The lowest BCUT2D eigenvalue weighted by atomic mass is 10.0. The number of rotatable bonds is 4. The number of imide groups is 1. The molecule has 2 fully saturated rings. The van der Waals surface area contributed by atoms with E-state index in [0.29, 0.717) is 53.0 Å². The zero-order valence-corrected chi connectivity index (χ0v) is 17.7. The molecule has 2 heterocycles. The van der Waals surface area contributed by atoms with Crippen LogP contribution < -0.4 is 4.74 Å². The molecule has 2 aromatic rings. The number of carbonyl (C=O) groups is 3. The molecule has 0 unspecified atom stereocenters. The second kappa shape index (κ2) is 8.66. The summed E-state index contributed by atoms with van der Waals surface area (Å²) in [5.74, 6) is 0.475. The fraction of sp³-hybridized carbons (Fsp3) is 0.318. The number of halogens is 2. The van der Waals surface area contributed by atoms with Crippen LogP contribution in [0.25, 0.3) is 0 Å². The predicted octanol–water partition coefficient (Wildman–Crippen LogP) is 4.54. The average molecular weight is 447 g/mol. The monoisotopic (exact) mass is 446 g/mol. The predicted molar refractivity (Wildman–Crippen MR) is 113 cm³/mol. The summed E-state index contributed by atoms with van der Waals surface area (Å²) in [6.07, 6.45) is 1.69. The Balaban J connectivity index is 1.49. The molecule has 6 nitrogen and oxygen atoms in total. The van der Waals surface area contributed by atoms with Crippen molar-refractivity contribution in [3.8, 4) is 11.5 Å². The summed E-state index contributed by atoms with van der Waals surface area (Å²) in [5.41, 5.74) is 0.356. The van der Waals surface area contributed by atoms with Crippen LogP contribution in [0.4, 0.5) is 0 Å². The Morgan fingerprint density at radius 2 is 1.60 bits per heavy atom. The van der Waals surface area contributed by atoms with E-state index in [0.717, 1.165) is 0 Å². The molecular formula is C22H20Cl2N2O4. The van der Waals surface area contributed by atoms with Gasteiger partial charge in [-0.15, -0.1) is 0 Å². The van der Waals surface area contributed by atoms with Gasteiger partial charge in [0.15, 0.2) is 0 Å². The van der Waals surface area contributed by atoms with Crippen LogP contribution in [0.1, 0.15) is 36.0 Å². The highest BCUT2D eigenvalue weighted by atomic mass is 35.5. The number of nitrogens with zero attached hydrogens (tertiary/aromatic N) is 2. The van der Waals surface area contributed by atoms with E-state index in [2.05, 4.69) is 0 Å². The Labute approximate surface area is 184 Å². The molecule has 0 N–H and O–H groups in total. The Morgan fingerprint density at radius 3 is 2.27 bits per heavy atom. The van der Waals surface area contributed by atoms with Gasteiger partial charge in [-0.25, -0.2) is 0 Å². The number of benzene rings is 2. The van der Waals surface area contributed by atoms with Crippen LogP contribution in [-0.2, 0) is 9.59 Å². The first-order valence-electron chi connectivity index (χ1n) is 9.79. The Hall–Kier alpha value is -2.57. The van der Waals surface area contributed by atoms with Gasteiger partial charge in [0.1, 0.15) is 11.5 Å². The Kier molecular flexibility index (Phi) is 5.97. The van der Waals surface area contributed by atoms with Gasteiger partial charge in [-0.05, 0) is 49.2 Å². The zero-order chi connectivity index (χ0) is 21.3. The van der Waals surface area contributed by atoms with Crippen molar-refractivity contribution in [2.24, 2.45) is 0 Å². The largest absolute Gasteiger partial charge is 0.456 e. The van der Waals surface area contributed by atoms with Crippen LogP contribution in [0.2, 0.25) is 10.0 Å². The van der Waals surface area contributed by atoms with E-state index in [1.807, 2.05) is 0 Å². The normalized spacial score (nSPS) is 17.5. The van der Waals surface area contributed by atoms with Crippen molar-refractivity contribution < 1.29 is 19.1 Å². The van der Waals surface area contributed by atoms with Crippen LogP contribution in [0.15, 0.2) is 42.5 Å². The summed E-state index contributed by atoms with van der Waals surface area (Å²) >= 11 is 12.2. The van der Waals surface area contributed by atoms with Crippen LogP contribution in [-0.4, -0.2) is 46.7 Å². The molecule has 0 radical (unpaired) electrons. The molecule has 3 amide bonds. The van der Waals surface area contributed by atoms with Gasteiger partial charge in [-0.2, -0.15) is 0 Å². The van der Waals surface area contributed by atoms with E-state index >= 15 is 0 Å². The molecule has 2 saturated heterocycles. The van der Waals surface area contributed by atoms with Gasteiger partial charge >= 0.3 is 0 Å². The van der Waals surface area contributed by atoms with E-state index in [1.54, 1.807) is 47.4 Å². The van der Waals surface area contributed by atoms with Crippen LogP contribution in [0.3, 0.4) is 0 Å². The quantitative estimate of drug-likeness (QED) is 0.646. The fourth-order valence-electron chi connectivity index (χ4n) is 3.91. The Bertz CT molecular complexity index is 986. The highest BCUT2D eigenvalue weighted by Gasteiger charge is 2.37. The first-order chi connectivity index (χ1) is 14.4. The van der Waals surface area contributed by atoms with Crippen LogP contribution >= 0.6 is 23.2 Å². The summed E-state index contributed by atoms with van der Waals surface area (Å²) in [6.45, 7) is 0.896. The fourth-order valence-corrected chi connectivity index (χ4v) is 4.27. The summed E-state index contributed by atoms with van der Waals surface area (Å²) < 4.78 is 5.90. The van der Waals surface area contributed by atoms with Gasteiger partial charge in [0.25, 0.3) is 5.91 Å². The summed E-state index contributed by atoms with van der Waals surface area (Å²) in [4.78, 5) is 40.3. The minimum Gasteiger partial charge on any atom is -0.456 e. The number of carbonyl (C=O) groups excluding carboxylic acids is 3. The molecule has 0 atom stereocenters. The molecular weight excluding hydrogens is 427 g/mol. The Morgan fingerprint density at radius 1 is 0.933 bits per heavy atom. The third-order valence-corrected chi connectivity index (χ3v) is 5.87. The van der Waals surface area contributed by atoms with Gasteiger partial charge in [0, 0.05) is 42.0 Å². The number of piperidine rings is 1. The van der Waals surface area contributed by atoms with Crippen molar-refractivity contribution in [3.63, 3.8) is 0 Å². The van der Waals surface area contributed by atoms with Crippen molar-refractivity contribution >= 4 is 40.9 Å². The molecule has 4 rings (SSSR count). The number of hydrogen-bond acceptors (Lipinski definition) is 4. The minimum atomic E-state index is -0.202. The lowest BCUT2D eigenvalue weighted by molar-refractivity contribution is -0.141. The van der Waals surface area contributed by atoms with Crippen molar-refractivity contribution in [3.05, 3.63) is 58.1 Å². The molecule has 0 aromatic heterocycles. The minimum absolute atomic E-state index is 0.114. The van der Waals surface area contributed by atoms with Gasteiger partial charge in [-0.3, -0.25) is 19.3 Å². The van der Waals surface area contributed by atoms with Gasteiger partial charge in [0.2, 0.25) is 11.8 Å². The zero-order valence-electron chi connectivity index (χ0n) is 16.1. The number of amides is 3. The second-order valence-electron chi connectivity index (χ2n) is 7.38. The highest BCUT2D eigenvalue weighted by Crippen LogP contribution is 2.31. The molecule has 0 spiro atoms. The van der Waals surface area contributed by atoms with Gasteiger partial charge in [0.05, 0.1) is 5.56 Å². The maximum Gasteiger partial charge on any atom is 0.257 e. The van der Waals surface area contributed by atoms with E-state index in [9.17, 15) is 14.4 Å². The molecule has 2 aromatic carbocycles. The summed E-state index contributed by atoms with van der Waals surface area (Å²) in [7, 11) is 0. The van der Waals surface area contributed by atoms with Gasteiger partial charge in [-0.1, -0.05) is 29.3 Å². The second-order valence-corrected chi connectivity index (χ2v) is 8.25. The summed E-state index contributed by atoms with van der Waals surface area (Å²) in [6, 6.07) is 11.7.